The summed E-state index contributed by atoms with van der Waals surface area (Å²) in [6.45, 7) is 12.4. The fourth-order valence-corrected chi connectivity index (χ4v) is 4.82. The summed E-state index contributed by atoms with van der Waals surface area (Å²) in [5.41, 5.74) is 1.06. The molecule has 1 amide bonds. The van der Waals surface area contributed by atoms with E-state index in [1.54, 1.807) is 19.9 Å². The Labute approximate surface area is 239 Å². The minimum Gasteiger partial charge on any atom is -0.466 e. The van der Waals surface area contributed by atoms with Crippen LogP contribution in [0, 0.1) is 19.7 Å². The largest absolute Gasteiger partial charge is 0.466 e. The Morgan fingerprint density at radius 3 is 2.37 bits per heavy atom. The van der Waals surface area contributed by atoms with Crippen LogP contribution in [0.25, 0.3) is 11.1 Å². The molecule has 0 heterocycles. The van der Waals surface area contributed by atoms with E-state index in [1.807, 2.05) is 19.1 Å². The van der Waals surface area contributed by atoms with Crippen molar-refractivity contribution in [2.45, 2.75) is 84.0 Å². The van der Waals surface area contributed by atoms with Gasteiger partial charge in [0.05, 0.1) is 24.6 Å². The van der Waals surface area contributed by atoms with Crippen molar-refractivity contribution in [1.29, 1.82) is 0 Å². The highest BCUT2D eigenvalue weighted by Gasteiger charge is 2.38. The van der Waals surface area contributed by atoms with E-state index in [-0.39, 0.29) is 18.6 Å². The molecule has 0 bridgehead atoms. The Morgan fingerprint density at radius 1 is 1.07 bits per heavy atom. The first-order chi connectivity index (χ1) is 19.3. The van der Waals surface area contributed by atoms with Gasteiger partial charge in [-0.3, -0.25) is 9.59 Å². The molecule has 0 spiro atoms. The number of ether oxygens (including phenoxy) is 1. The summed E-state index contributed by atoms with van der Waals surface area (Å²) >= 11 is 0. The molecule has 0 aromatic heterocycles. The highest BCUT2D eigenvalue weighted by atomic mass is 19.4. The van der Waals surface area contributed by atoms with Crippen molar-refractivity contribution in [1.82, 2.24) is 5.32 Å². The van der Waals surface area contributed by atoms with Gasteiger partial charge in [0, 0.05) is 5.56 Å². The van der Waals surface area contributed by atoms with E-state index in [0.29, 0.717) is 24.0 Å². The molecule has 2 atom stereocenters. The van der Waals surface area contributed by atoms with Gasteiger partial charge in [-0.15, -0.1) is 13.2 Å². The van der Waals surface area contributed by atoms with Crippen LogP contribution < -0.4 is 5.32 Å². The minimum absolute atomic E-state index is 0.00441. The number of halogens is 4. The second-order valence-electron chi connectivity index (χ2n) is 10.0. The zero-order valence-corrected chi connectivity index (χ0v) is 23.9. The molecule has 0 unspecified atom stereocenters. The first-order valence-electron chi connectivity index (χ1n) is 13.7. The van der Waals surface area contributed by atoms with E-state index in [4.69, 9.17) is 4.74 Å². The van der Waals surface area contributed by atoms with E-state index in [0.717, 1.165) is 36.5 Å². The number of aliphatic hydroxyl groups excluding tert-OH is 1. The Kier molecular flexibility index (Phi) is 12.8. The molecule has 0 aliphatic carbocycles. The van der Waals surface area contributed by atoms with Crippen molar-refractivity contribution in [3.8, 4) is 11.1 Å². The first kappa shape index (κ1) is 33.7. The lowest BCUT2D eigenvalue weighted by Gasteiger charge is -2.24. The number of alkyl halides is 3. The third-order valence-corrected chi connectivity index (χ3v) is 6.68. The molecule has 2 N–H and O–H groups in total. The number of nitrogens with one attached hydrogen (secondary N) is 1. The minimum atomic E-state index is -5.06. The number of benzene rings is 2. The zero-order valence-electron chi connectivity index (χ0n) is 23.9. The van der Waals surface area contributed by atoms with Crippen LogP contribution in [0.4, 0.5) is 17.6 Å². The maximum Gasteiger partial charge on any atom is 0.419 e. The Balaban J connectivity index is 2.75. The Morgan fingerprint density at radius 2 is 1.76 bits per heavy atom. The number of aliphatic hydroxyl groups is 1. The summed E-state index contributed by atoms with van der Waals surface area (Å²) in [5, 5.41) is 12.6. The van der Waals surface area contributed by atoms with Crippen molar-refractivity contribution >= 4 is 11.9 Å². The number of esters is 1. The average molecular weight is 578 g/mol. The predicted molar refractivity (Wildman–Crippen MR) is 152 cm³/mol. The average Bonchev–Trinajstić information content (AvgIpc) is 2.89. The molecule has 0 saturated heterocycles. The smallest absolute Gasteiger partial charge is 0.419 e. The molecular weight excluding hydrogens is 538 g/mol. The van der Waals surface area contributed by atoms with Crippen molar-refractivity contribution < 1.29 is 37.0 Å². The number of carbonyl (C=O) groups excluding carboxylic acids is 2. The van der Waals surface area contributed by atoms with Gasteiger partial charge >= 0.3 is 12.1 Å². The fraction of sp³-hybridized carbons (Fsp3) is 0.438. The summed E-state index contributed by atoms with van der Waals surface area (Å²) in [5.74, 6) is -3.39. The summed E-state index contributed by atoms with van der Waals surface area (Å²) in [6.07, 6.45) is -0.644. The maximum atomic E-state index is 15.6. The topological polar surface area (TPSA) is 75.6 Å². The van der Waals surface area contributed by atoms with Gasteiger partial charge in [0.1, 0.15) is 11.9 Å². The highest BCUT2D eigenvalue weighted by molar-refractivity contribution is 5.82. The monoisotopic (exact) mass is 577 g/mol. The fourth-order valence-electron chi connectivity index (χ4n) is 4.82. The number of unbranched alkanes of at least 4 members (excludes halogenated alkanes) is 2. The van der Waals surface area contributed by atoms with E-state index < -0.39 is 53.6 Å². The zero-order chi connectivity index (χ0) is 30.7. The summed E-state index contributed by atoms with van der Waals surface area (Å²) in [6, 6.07) is 4.23. The number of rotatable bonds is 15. The Hall–Kier alpha value is -3.46. The van der Waals surface area contributed by atoms with Gasteiger partial charge in [-0.25, -0.2) is 4.39 Å². The van der Waals surface area contributed by atoms with E-state index >= 15 is 4.39 Å². The van der Waals surface area contributed by atoms with Crippen LogP contribution in [-0.4, -0.2) is 29.7 Å². The van der Waals surface area contributed by atoms with Crippen molar-refractivity contribution in [3.05, 3.63) is 83.2 Å². The van der Waals surface area contributed by atoms with Gasteiger partial charge in [0.2, 0.25) is 5.91 Å². The molecule has 0 aliphatic heterocycles. The molecule has 41 heavy (non-hydrogen) atoms. The quantitative estimate of drug-likeness (QED) is 0.0997. The SMILES string of the molecule is C=CCCCCc1cc(C)cc(C)c1-c1cc([C@H](CC(=O)OCC)NC(=O)[C@H](O)CCC=C)c(F)c(C(F)(F)F)c1. The molecule has 0 aliphatic rings. The van der Waals surface area contributed by atoms with Crippen LogP contribution >= 0.6 is 0 Å². The van der Waals surface area contributed by atoms with E-state index in [9.17, 15) is 27.9 Å². The third-order valence-electron chi connectivity index (χ3n) is 6.68. The van der Waals surface area contributed by atoms with Crippen LogP contribution in [0.1, 0.15) is 79.3 Å². The van der Waals surface area contributed by atoms with Gasteiger partial charge < -0.3 is 15.2 Å². The molecule has 0 fully saturated rings. The standard InChI is InChI=1S/C32H39F4NO4/c1-6-9-11-12-13-22-16-20(4)15-21(5)29(22)23-17-24(30(33)25(18-23)32(34,35)36)26(19-28(39)41-8-3)37-31(40)27(38)14-10-7-2/h6-7,15-18,26-27,38H,1-2,8-14,19H2,3-5H3,(H,37,40)/t26-,27+/m0/s1. The van der Waals surface area contributed by atoms with Gasteiger partial charge in [-0.1, -0.05) is 29.8 Å². The predicted octanol–water partition coefficient (Wildman–Crippen LogP) is 7.46. The third kappa shape index (κ3) is 9.56. The Bertz CT molecular complexity index is 1240. The maximum absolute atomic E-state index is 15.6. The number of aryl methyl sites for hydroxylation is 3. The van der Waals surface area contributed by atoms with Crippen LogP contribution in [0.2, 0.25) is 0 Å². The summed E-state index contributed by atoms with van der Waals surface area (Å²) in [4.78, 5) is 25.2. The first-order valence-corrected chi connectivity index (χ1v) is 13.7. The van der Waals surface area contributed by atoms with Gasteiger partial charge in [-0.2, -0.15) is 13.2 Å². The van der Waals surface area contributed by atoms with Gasteiger partial charge in [0.15, 0.2) is 0 Å². The normalized spacial score (nSPS) is 12.9. The molecule has 2 rings (SSSR count). The lowest BCUT2D eigenvalue weighted by Crippen LogP contribution is -2.38. The number of carbonyl (C=O) groups is 2. The van der Waals surface area contributed by atoms with E-state index in [1.165, 1.54) is 12.1 Å². The van der Waals surface area contributed by atoms with Crippen LogP contribution in [0.3, 0.4) is 0 Å². The molecule has 0 saturated carbocycles. The second-order valence-corrected chi connectivity index (χ2v) is 10.0. The summed E-state index contributed by atoms with van der Waals surface area (Å²) in [7, 11) is 0. The van der Waals surface area contributed by atoms with Crippen LogP contribution in [0.15, 0.2) is 49.6 Å². The number of hydrogen-bond acceptors (Lipinski definition) is 4. The molecular formula is C32H39F4NO4. The van der Waals surface area contributed by atoms with Gasteiger partial charge in [0.25, 0.3) is 0 Å². The lowest BCUT2D eigenvalue weighted by atomic mass is 9.87. The second kappa shape index (κ2) is 15.5. The molecule has 0 radical (unpaired) electrons. The van der Waals surface area contributed by atoms with Crippen LogP contribution in [-0.2, 0) is 26.9 Å². The molecule has 224 valence electrons. The molecule has 9 heteroatoms. The number of amides is 1. The highest BCUT2D eigenvalue weighted by Crippen LogP contribution is 2.40. The van der Waals surface area contributed by atoms with Crippen molar-refractivity contribution in [3.63, 3.8) is 0 Å². The van der Waals surface area contributed by atoms with Crippen molar-refractivity contribution in [2.24, 2.45) is 0 Å². The lowest BCUT2D eigenvalue weighted by molar-refractivity contribution is -0.144. The van der Waals surface area contributed by atoms with E-state index in [2.05, 4.69) is 18.5 Å². The number of hydrogen-bond donors (Lipinski definition) is 2. The van der Waals surface area contributed by atoms with Gasteiger partial charge in [-0.05, 0) is 93.7 Å². The molecule has 5 nitrogen and oxygen atoms in total. The summed E-state index contributed by atoms with van der Waals surface area (Å²) < 4.78 is 63.1. The molecule has 2 aromatic carbocycles. The number of allylic oxidation sites excluding steroid dienone is 2. The van der Waals surface area contributed by atoms with Crippen molar-refractivity contribution in [2.75, 3.05) is 6.61 Å². The van der Waals surface area contributed by atoms with Crippen LogP contribution in [0.5, 0.6) is 0 Å². The molecule has 2 aromatic rings.